The van der Waals surface area contributed by atoms with Crippen molar-refractivity contribution in [2.45, 2.75) is 6.42 Å². The normalized spacial score (nSPS) is 14.9. The lowest BCUT2D eigenvalue weighted by Gasteiger charge is -2.18. The molecule has 0 unspecified atom stereocenters. The van der Waals surface area contributed by atoms with Crippen LogP contribution in [0.4, 0.5) is 5.69 Å². The Kier molecular flexibility index (Phi) is 3.11. The molecular formula is C17H15NO4. The quantitative estimate of drug-likeness (QED) is 0.926. The highest BCUT2D eigenvalue weighted by molar-refractivity contribution is 6.04. The summed E-state index contributed by atoms with van der Waals surface area (Å²) < 4.78 is 16.4. The number of benzene rings is 2. The maximum absolute atomic E-state index is 12.4. The smallest absolute Gasteiger partial charge is 0.255 e. The lowest BCUT2D eigenvalue weighted by molar-refractivity contribution is 0.102. The molecule has 2 aromatic rings. The second-order valence-electron chi connectivity index (χ2n) is 5.23. The molecule has 0 aromatic heterocycles. The van der Waals surface area contributed by atoms with Gasteiger partial charge in [0.05, 0.1) is 6.61 Å². The molecule has 5 heteroatoms. The third-order valence-corrected chi connectivity index (χ3v) is 3.75. The van der Waals surface area contributed by atoms with E-state index in [0.29, 0.717) is 36.9 Å². The number of amides is 1. The van der Waals surface area contributed by atoms with Crippen LogP contribution in [0.2, 0.25) is 0 Å². The molecular weight excluding hydrogens is 282 g/mol. The zero-order valence-electron chi connectivity index (χ0n) is 11.9. The predicted octanol–water partition coefficient (Wildman–Crippen LogP) is 2.65. The fraction of sp³-hybridized carbons (Fsp3) is 0.235. The summed E-state index contributed by atoms with van der Waals surface area (Å²) in [5, 5.41) is 2.90. The first kappa shape index (κ1) is 13.0. The van der Waals surface area contributed by atoms with Crippen molar-refractivity contribution in [3.63, 3.8) is 0 Å². The second-order valence-corrected chi connectivity index (χ2v) is 5.23. The van der Waals surface area contributed by atoms with E-state index < -0.39 is 0 Å². The highest BCUT2D eigenvalue weighted by atomic mass is 16.6. The van der Waals surface area contributed by atoms with Crippen LogP contribution in [0.3, 0.4) is 0 Å². The molecule has 0 bridgehead atoms. The molecule has 2 aromatic carbocycles. The summed E-state index contributed by atoms with van der Waals surface area (Å²) in [6.07, 6.45) is 0.878. The SMILES string of the molecule is O=C(Nc1ccc2c(c1)CCO2)c1ccc2c(c1)OCCO2. The van der Waals surface area contributed by atoms with Crippen LogP contribution < -0.4 is 19.5 Å². The number of anilines is 1. The minimum atomic E-state index is -0.171. The Balaban J connectivity index is 1.54. The molecule has 2 aliphatic heterocycles. The third kappa shape index (κ3) is 2.35. The van der Waals surface area contributed by atoms with E-state index in [2.05, 4.69) is 5.32 Å². The van der Waals surface area contributed by atoms with Gasteiger partial charge in [0.25, 0.3) is 5.91 Å². The zero-order chi connectivity index (χ0) is 14.9. The number of hydrogen-bond donors (Lipinski definition) is 1. The Morgan fingerprint density at radius 3 is 2.55 bits per heavy atom. The first-order valence-electron chi connectivity index (χ1n) is 7.26. The van der Waals surface area contributed by atoms with Crippen molar-refractivity contribution in [1.29, 1.82) is 0 Å². The van der Waals surface area contributed by atoms with Crippen molar-refractivity contribution >= 4 is 11.6 Å². The molecule has 0 saturated heterocycles. The fourth-order valence-electron chi connectivity index (χ4n) is 2.65. The van der Waals surface area contributed by atoms with E-state index in [1.807, 2.05) is 18.2 Å². The van der Waals surface area contributed by atoms with E-state index in [1.165, 1.54) is 0 Å². The van der Waals surface area contributed by atoms with Crippen molar-refractivity contribution < 1.29 is 19.0 Å². The summed E-state index contributed by atoms with van der Waals surface area (Å²) in [5.74, 6) is 2.02. The van der Waals surface area contributed by atoms with E-state index in [4.69, 9.17) is 14.2 Å². The number of carbonyl (C=O) groups is 1. The minimum Gasteiger partial charge on any atom is -0.493 e. The van der Waals surface area contributed by atoms with E-state index in [1.54, 1.807) is 18.2 Å². The van der Waals surface area contributed by atoms with E-state index >= 15 is 0 Å². The van der Waals surface area contributed by atoms with Gasteiger partial charge in [-0.15, -0.1) is 0 Å². The Morgan fingerprint density at radius 2 is 1.64 bits per heavy atom. The summed E-state index contributed by atoms with van der Waals surface area (Å²) >= 11 is 0. The molecule has 0 aliphatic carbocycles. The van der Waals surface area contributed by atoms with Crippen molar-refractivity contribution in [2.24, 2.45) is 0 Å². The molecule has 0 saturated carbocycles. The van der Waals surface area contributed by atoms with Crippen LogP contribution in [-0.2, 0) is 6.42 Å². The highest BCUT2D eigenvalue weighted by Crippen LogP contribution is 2.31. The molecule has 4 rings (SSSR count). The van der Waals surface area contributed by atoms with Crippen LogP contribution >= 0.6 is 0 Å². The highest BCUT2D eigenvalue weighted by Gasteiger charge is 2.16. The Bertz CT molecular complexity index is 741. The molecule has 1 amide bonds. The van der Waals surface area contributed by atoms with Gasteiger partial charge in [-0.05, 0) is 42.0 Å². The lowest BCUT2D eigenvalue weighted by atomic mass is 10.1. The van der Waals surface area contributed by atoms with Crippen LogP contribution in [0.1, 0.15) is 15.9 Å². The molecule has 2 heterocycles. The van der Waals surface area contributed by atoms with Crippen molar-refractivity contribution in [3.8, 4) is 17.2 Å². The van der Waals surface area contributed by atoms with Crippen LogP contribution in [0.25, 0.3) is 0 Å². The summed E-state index contributed by atoms with van der Waals surface area (Å²) in [6, 6.07) is 10.9. The molecule has 0 radical (unpaired) electrons. The Hall–Kier alpha value is -2.69. The van der Waals surface area contributed by atoms with Crippen LogP contribution in [0.5, 0.6) is 17.2 Å². The predicted molar refractivity (Wildman–Crippen MR) is 81.0 cm³/mol. The van der Waals surface area contributed by atoms with Gasteiger partial charge < -0.3 is 19.5 Å². The number of fused-ring (bicyclic) bond motifs is 2. The maximum Gasteiger partial charge on any atom is 0.255 e. The average Bonchev–Trinajstić information content (AvgIpc) is 3.02. The fourth-order valence-corrected chi connectivity index (χ4v) is 2.65. The monoisotopic (exact) mass is 297 g/mol. The summed E-state index contributed by atoms with van der Waals surface area (Å²) in [5.41, 5.74) is 2.44. The van der Waals surface area contributed by atoms with Crippen LogP contribution in [0, 0.1) is 0 Å². The number of rotatable bonds is 2. The molecule has 1 N–H and O–H groups in total. The Labute approximate surface area is 127 Å². The van der Waals surface area contributed by atoms with Gasteiger partial charge in [0.1, 0.15) is 19.0 Å². The van der Waals surface area contributed by atoms with Crippen LogP contribution in [0.15, 0.2) is 36.4 Å². The van der Waals surface area contributed by atoms with Crippen LogP contribution in [-0.4, -0.2) is 25.7 Å². The lowest BCUT2D eigenvalue weighted by Crippen LogP contribution is -2.17. The van der Waals surface area contributed by atoms with Crippen molar-refractivity contribution in [1.82, 2.24) is 0 Å². The minimum absolute atomic E-state index is 0.171. The first-order chi connectivity index (χ1) is 10.8. The van der Waals surface area contributed by atoms with E-state index in [9.17, 15) is 4.79 Å². The van der Waals surface area contributed by atoms with Gasteiger partial charge in [-0.25, -0.2) is 0 Å². The molecule has 0 atom stereocenters. The average molecular weight is 297 g/mol. The summed E-state index contributed by atoms with van der Waals surface area (Å²) in [7, 11) is 0. The van der Waals surface area contributed by atoms with Gasteiger partial charge in [0, 0.05) is 17.7 Å². The van der Waals surface area contributed by atoms with Gasteiger partial charge in [-0.1, -0.05) is 0 Å². The topological polar surface area (TPSA) is 56.8 Å². The summed E-state index contributed by atoms with van der Waals surface area (Å²) in [4.78, 5) is 12.4. The summed E-state index contributed by atoms with van der Waals surface area (Å²) in [6.45, 7) is 1.74. The van der Waals surface area contributed by atoms with Gasteiger partial charge in [0.15, 0.2) is 11.5 Å². The number of hydrogen-bond acceptors (Lipinski definition) is 4. The van der Waals surface area contributed by atoms with Crippen molar-refractivity contribution in [2.75, 3.05) is 25.1 Å². The van der Waals surface area contributed by atoms with E-state index in [-0.39, 0.29) is 5.91 Å². The third-order valence-electron chi connectivity index (χ3n) is 3.75. The molecule has 5 nitrogen and oxygen atoms in total. The molecule has 112 valence electrons. The first-order valence-corrected chi connectivity index (χ1v) is 7.26. The Morgan fingerprint density at radius 1 is 0.864 bits per heavy atom. The number of carbonyl (C=O) groups excluding carboxylic acids is 1. The number of nitrogens with one attached hydrogen (secondary N) is 1. The van der Waals surface area contributed by atoms with Gasteiger partial charge in [-0.3, -0.25) is 4.79 Å². The van der Waals surface area contributed by atoms with Gasteiger partial charge >= 0.3 is 0 Å². The molecule has 22 heavy (non-hydrogen) atoms. The van der Waals surface area contributed by atoms with Crippen molar-refractivity contribution in [3.05, 3.63) is 47.5 Å². The standard InChI is InChI=1S/C17H15NO4/c19-17(12-1-3-15-16(10-12)22-8-7-21-15)18-13-2-4-14-11(9-13)5-6-20-14/h1-4,9-10H,5-8H2,(H,18,19). The molecule has 0 fully saturated rings. The van der Waals surface area contributed by atoms with Gasteiger partial charge in [-0.2, -0.15) is 0 Å². The number of ether oxygens (including phenoxy) is 3. The largest absolute Gasteiger partial charge is 0.493 e. The molecule has 0 spiro atoms. The maximum atomic E-state index is 12.4. The van der Waals surface area contributed by atoms with E-state index in [0.717, 1.165) is 23.4 Å². The zero-order valence-corrected chi connectivity index (χ0v) is 11.9. The van der Waals surface area contributed by atoms with Gasteiger partial charge in [0.2, 0.25) is 0 Å². The second kappa shape index (κ2) is 5.26. The molecule has 2 aliphatic rings.